The lowest BCUT2D eigenvalue weighted by atomic mass is 9.99. The van der Waals surface area contributed by atoms with Gasteiger partial charge in [0, 0.05) is 12.4 Å². The van der Waals surface area contributed by atoms with Crippen molar-refractivity contribution in [2.24, 2.45) is 0 Å². The molecule has 1 heterocycles. The summed E-state index contributed by atoms with van der Waals surface area (Å²) in [6.45, 7) is 3.76. The number of methoxy groups -OCH3 is 1. The minimum absolute atomic E-state index is 0.0543. The zero-order chi connectivity index (χ0) is 15.2. The van der Waals surface area contributed by atoms with Crippen LogP contribution in [0.1, 0.15) is 37.1 Å². The van der Waals surface area contributed by atoms with E-state index in [-0.39, 0.29) is 17.9 Å². The molecule has 1 aromatic carbocycles. The average molecular weight is 285 g/mol. The van der Waals surface area contributed by atoms with Crippen molar-refractivity contribution in [1.82, 2.24) is 15.3 Å². The molecule has 0 spiro atoms. The predicted molar refractivity (Wildman–Crippen MR) is 80.0 cm³/mol. The van der Waals surface area contributed by atoms with E-state index < -0.39 is 0 Å². The fourth-order valence-electron chi connectivity index (χ4n) is 2.01. The number of rotatable bonds is 5. The molecular weight excluding hydrogens is 266 g/mol. The minimum atomic E-state index is -0.265. The molecular formula is C16H19N3O2. The van der Waals surface area contributed by atoms with Gasteiger partial charge < -0.3 is 10.1 Å². The van der Waals surface area contributed by atoms with Crippen LogP contribution in [0.4, 0.5) is 0 Å². The van der Waals surface area contributed by atoms with E-state index in [0.717, 1.165) is 17.0 Å². The number of ether oxygens (including phenoxy) is 1. The Bertz CT molecular complexity index is 601. The average Bonchev–Trinajstić information content (AvgIpc) is 2.54. The van der Waals surface area contributed by atoms with Crippen molar-refractivity contribution in [1.29, 1.82) is 0 Å². The van der Waals surface area contributed by atoms with Crippen LogP contribution in [0.5, 0.6) is 5.75 Å². The third kappa shape index (κ3) is 3.78. The number of carbonyl (C=O) groups excluding carboxylic acids is 1. The van der Waals surface area contributed by atoms with Crippen LogP contribution in [0.15, 0.2) is 42.9 Å². The summed E-state index contributed by atoms with van der Waals surface area (Å²) in [7, 11) is 1.61. The second-order valence-corrected chi connectivity index (χ2v) is 4.86. The molecule has 0 aliphatic heterocycles. The van der Waals surface area contributed by atoms with Gasteiger partial charge in [-0.25, -0.2) is 0 Å². The third-order valence-corrected chi connectivity index (χ3v) is 3.37. The molecule has 0 bridgehead atoms. The first-order chi connectivity index (χ1) is 10.1. The zero-order valence-corrected chi connectivity index (χ0v) is 12.4. The van der Waals surface area contributed by atoms with Crippen molar-refractivity contribution in [2.75, 3.05) is 7.11 Å². The third-order valence-electron chi connectivity index (χ3n) is 3.37. The van der Waals surface area contributed by atoms with Gasteiger partial charge >= 0.3 is 0 Å². The Kier molecular flexibility index (Phi) is 4.87. The quantitative estimate of drug-likeness (QED) is 0.916. The number of hydrogen-bond acceptors (Lipinski definition) is 4. The molecule has 0 saturated heterocycles. The van der Waals surface area contributed by atoms with Crippen molar-refractivity contribution < 1.29 is 9.53 Å². The smallest absolute Gasteiger partial charge is 0.227 e. The Hall–Kier alpha value is -2.43. The van der Waals surface area contributed by atoms with Crippen molar-refractivity contribution >= 4 is 5.91 Å². The lowest BCUT2D eigenvalue weighted by Gasteiger charge is -2.17. The highest BCUT2D eigenvalue weighted by Gasteiger charge is 2.18. The summed E-state index contributed by atoms with van der Waals surface area (Å²) in [6.07, 6.45) is 4.88. The second-order valence-electron chi connectivity index (χ2n) is 4.86. The monoisotopic (exact) mass is 285 g/mol. The van der Waals surface area contributed by atoms with Gasteiger partial charge in [-0.2, -0.15) is 0 Å². The number of hydrogen-bond donors (Lipinski definition) is 1. The Morgan fingerprint density at radius 2 is 2.10 bits per heavy atom. The van der Waals surface area contributed by atoms with Crippen molar-refractivity contribution in [2.45, 2.75) is 25.8 Å². The largest absolute Gasteiger partial charge is 0.497 e. The van der Waals surface area contributed by atoms with Crippen LogP contribution in [0.3, 0.4) is 0 Å². The molecule has 1 amide bonds. The van der Waals surface area contributed by atoms with Gasteiger partial charge in [-0.3, -0.25) is 14.8 Å². The number of nitrogens with one attached hydrogen (secondary N) is 1. The van der Waals surface area contributed by atoms with Crippen molar-refractivity contribution in [3.8, 4) is 5.75 Å². The molecule has 0 fully saturated rings. The first kappa shape index (κ1) is 15.0. The highest BCUT2D eigenvalue weighted by Crippen LogP contribution is 2.21. The van der Waals surface area contributed by atoms with Gasteiger partial charge in [-0.05, 0) is 31.5 Å². The summed E-state index contributed by atoms with van der Waals surface area (Å²) in [5.41, 5.74) is 1.65. The molecule has 1 N–H and O–H groups in total. The lowest BCUT2D eigenvalue weighted by molar-refractivity contribution is -0.122. The highest BCUT2D eigenvalue weighted by molar-refractivity contribution is 5.83. The summed E-state index contributed by atoms with van der Waals surface area (Å²) in [5.74, 6) is 0.426. The van der Waals surface area contributed by atoms with Gasteiger partial charge in [0.2, 0.25) is 5.91 Å². The molecule has 1 aromatic heterocycles. The fraction of sp³-hybridized carbons (Fsp3) is 0.312. The van der Waals surface area contributed by atoms with Crippen LogP contribution in [0.2, 0.25) is 0 Å². The Balaban J connectivity index is 2.05. The SMILES string of the molecule is COc1cccc(C(C)C(=O)NC(C)c2cnccn2)c1. The standard InChI is InChI=1S/C16H19N3O2/c1-11(13-5-4-6-14(9-13)21-3)16(20)19-12(2)15-10-17-7-8-18-15/h4-12H,1-3H3,(H,19,20). The molecule has 0 radical (unpaired) electrons. The van der Waals surface area contributed by atoms with Crippen LogP contribution in [0, 0.1) is 0 Å². The van der Waals surface area contributed by atoms with E-state index in [4.69, 9.17) is 4.74 Å². The highest BCUT2D eigenvalue weighted by atomic mass is 16.5. The first-order valence-electron chi connectivity index (χ1n) is 6.82. The maximum atomic E-state index is 12.3. The number of aromatic nitrogens is 2. The molecule has 2 aromatic rings. The predicted octanol–water partition coefficient (Wildman–Crippen LogP) is 2.47. The Labute approximate surface area is 124 Å². The molecule has 5 nitrogen and oxygen atoms in total. The minimum Gasteiger partial charge on any atom is -0.497 e. The lowest BCUT2D eigenvalue weighted by Crippen LogP contribution is -2.31. The summed E-state index contributed by atoms with van der Waals surface area (Å²) in [6, 6.07) is 7.34. The molecule has 0 saturated carbocycles. The van der Waals surface area contributed by atoms with E-state index >= 15 is 0 Å². The molecule has 2 unspecified atom stereocenters. The van der Waals surface area contributed by atoms with Gasteiger partial charge in [-0.15, -0.1) is 0 Å². The van der Waals surface area contributed by atoms with Crippen molar-refractivity contribution in [3.05, 3.63) is 54.1 Å². The van der Waals surface area contributed by atoms with Gasteiger partial charge in [0.1, 0.15) is 5.75 Å². The van der Waals surface area contributed by atoms with Crippen LogP contribution in [0.25, 0.3) is 0 Å². The van der Waals surface area contributed by atoms with E-state index in [2.05, 4.69) is 15.3 Å². The second kappa shape index (κ2) is 6.83. The van der Waals surface area contributed by atoms with Crippen molar-refractivity contribution in [3.63, 3.8) is 0 Å². The van der Waals surface area contributed by atoms with Gasteiger partial charge in [0.25, 0.3) is 0 Å². The van der Waals surface area contributed by atoms with Crippen LogP contribution >= 0.6 is 0 Å². The molecule has 5 heteroatoms. The molecule has 2 atom stereocenters. The molecule has 110 valence electrons. The summed E-state index contributed by atoms with van der Waals surface area (Å²) < 4.78 is 5.19. The van der Waals surface area contributed by atoms with Gasteiger partial charge in [0.15, 0.2) is 0 Å². The van der Waals surface area contributed by atoms with Crippen LogP contribution in [-0.4, -0.2) is 23.0 Å². The van der Waals surface area contributed by atoms with E-state index in [9.17, 15) is 4.79 Å². The molecule has 2 rings (SSSR count). The maximum Gasteiger partial charge on any atom is 0.227 e. The zero-order valence-electron chi connectivity index (χ0n) is 12.4. The molecule has 0 aliphatic rings. The summed E-state index contributed by atoms with van der Waals surface area (Å²) >= 11 is 0. The maximum absolute atomic E-state index is 12.3. The fourth-order valence-corrected chi connectivity index (χ4v) is 2.01. The van der Waals surface area contributed by atoms with E-state index in [1.165, 1.54) is 0 Å². The van der Waals surface area contributed by atoms with E-state index in [1.54, 1.807) is 25.7 Å². The summed E-state index contributed by atoms with van der Waals surface area (Å²) in [4.78, 5) is 20.5. The normalized spacial score (nSPS) is 13.3. The number of nitrogens with zero attached hydrogens (tertiary/aromatic N) is 2. The Morgan fingerprint density at radius 1 is 1.29 bits per heavy atom. The Morgan fingerprint density at radius 3 is 2.76 bits per heavy atom. The van der Waals surface area contributed by atoms with Gasteiger partial charge in [0.05, 0.1) is 31.0 Å². The first-order valence-corrected chi connectivity index (χ1v) is 6.82. The van der Waals surface area contributed by atoms with Crippen LogP contribution < -0.4 is 10.1 Å². The summed E-state index contributed by atoms with van der Waals surface area (Å²) in [5, 5.41) is 2.95. The number of benzene rings is 1. The van der Waals surface area contributed by atoms with E-state index in [0.29, 0.717) is 0 Å². The van der Waals surface area contributed by atoms with Gasteiger partial charge in [-0.1, -0.05) is 12.1 Å². The van der Waals surface area contributed by atoms with Crippen LogP contribution in [-0.2, 0) is 4.79 Å². The number of carbonyl (C=O) groups is 1. The topological polar surface area (TPSA) is 64.1 Å². The molecule has 21 heavy (non-hydrogen) atoms. The van der Waals surface area contributed by atoms with E-state index in [1.807, 2.05) is 38.1 Å². The molecule has 0 aliphatic carbocycles. The number of amides is 1.